The van der Waals surface area contributed by atoms with Gasteiger partial charge < -0.3 is 10.4 Å². The van der Waals surface area contributed by atoms with Gasteiger partial charge in [0.2, 0.25) is 5.91 Å². The second-order valence-corrected chi connectivity index (χ2v) is 6.16. The molecule has 1 amide bonds. The molecule has 0 aliphatic carbocycles. The first-order chi connectivity index (χ1) is 9.97. The van der Waals surface area contributed by atoms with E-state index >= 15 is 0 Å². The molecule has 1 atom stereocenters. The Kier molecular flexibility index (Phi) is 4.60. The van der Waals surface area contributed by atoms with E-state index in [0.29, 0.717) is 30.1 Å². The molecule has 1 aromatic rings. The summed E-state index contributed by atoms with van der Waals surface area (Å²) in [7, 11) is 0. The number of likely N-dealkylation sites (tertiary alicyclic amines) is 1. The Morgan fingerprint density at radius 3 is 3.05 bits per heavy atom. The van der Waals surface area contributed by atoms with Crippen LogP contribution in [0.15, 0.2) is 11.4 Å². The number of hydrogen-bond acceptors (Lipinski definition) is 5. The Bertz CT molecular complexity index is 593. The maximum Gasteiger partial charge on any atom is 0.323 e. The quantitative estimate of drug-likeness (QED) is 0.866. The van der Waals surface area contributed by atoms with Crippen molar-refractivity contribution < 1.29 is 14.7 Å². The van der Waals surface area contributed by atoms with Gasteiger partial charge in [-0.05, 0) is 37.8 Å². The zero-order valence-electron chi connectivity index (χ0n) is 11.8. The molecule has 1 unspecified atom stereocenters. The van der Waals surface area contributed by atoms with E-state index in [1.54, 1.807) is 18.4 Å². The third kappa shape index (κ3) is 3.23. The van der Waals surface area contributed by atoms with Crippen LogP contribution in [0.4, 0.5) is 5.00 Å². The molecule has 1 saturated heterocycles. The Morgan fingerprint density at radius 2 is 2.38 bits per heavy atom. The predicted molar refractivity (Wildman–Crippen MR) is 79.1 cm³/mol. The summed E-state index contributed by atoms with van der Waals surface area (Å²) in [5.41, 5.74) is -0.425. The molecule has 0 saturated carbocycles. The van der Waals surface area contributed by atoms with Crippen molar-refractivity contribution in [2.75, 3.05) is 18.4 Å². The second kappa shape index (κ2) is 6.24. The van der Waals surface area contributed by atoms with Gasteiger partial charge in [0.05, 0.1) is 5.56 Å². The minimum Gasteiger partial charge on any atom is -0.480 e. The monoisotopic (exact) mass is 307 g/mol. The number of carboxylic acids is 1. The van der Waals surface area contributed by atoms with Gasteiger partial charge in [0, 0.05) is 13.0 Å². The van der Waals surface area contributed by atoms with Crippen molar-refractivity contribution in [3.05, 3.63) is 17.0 Å². The summed E-state index contributed by atoms with van der Waals surface area (Å²) >= 11 is 1.30. The first-order valence-electron chi connectivity index (χ1n) is 6.73. The van der Waals surface area contributed by atoms with E-state index in [4.69, 9.17) is 5.26 Å². The first-order valence-corrected chi connectivity index (χ1v) is 7.61. The summed E-state index contributed by atoms with van der Waals surface area (Å²) in [6, 6.07) is 3.67. The van der Waals surface area contributed by atoms with Crippen molar-refractivity contribution in [1.29, 1.82) is 5.26 Å². The highest BCUT2D eigenvalue weighted by molar-refractivity contribution is 7.14. The van der Waals surface area contributed by atoms with Gasteiger partial charge in [0.15, 0.2) is 0 Å². The van der Waals surface area contributed by atoms with E-state index in [-0.39, 0.29) is 12.3 Å². The maximum atomic E-state index is 11.9. The fourth-order valence-electron chi connectivity index (χ4n) is 2.54. The Morgan fingerprint density at radius 1 is 1.62 bits per heavy atom. The van der Waals surface area contributed by atoms with Gasteiger partial charge in [0.25, 0.3) is 0 Å². The van der Waals surface area contributed by atoms with Crippen LogP contribution in [0.25, 0.3) is 0 Å². The van der Waals surface area contributed by atoms with E-state index in [9.17, 15) is 14.7 Å². The van der Waals surface area contributed by atoms with E-state index in [2.05, 4.69) is 5.32 Å². The number of hydrogen-bond donors (Lipinski definition) is 2. The molecule has 2 rings (SSSR count). The van der Waals surface area contributed by atoms with Gasteiger partial charge >= 0.3 is 5.97 Å². The fourth-order valence-corrected chi connectivity index (χ4v) is 3.29. The SMILES string of the molecule is CC1(C(=O)O)CCCN1CCC(=O)Nc1sccc1C#N. The zero-order valence-corrected chi connectivity index (χ0v) is 12.6. The van der Waals surface area contributed by atoms with Crippen LogP contribution in [0.1, 0.15) is 31.7 Å². The summed E-state index contributed by atoms with van der Waals surface area (Å²) in [6.45, 7) is 2.80. The Labute approximate surface area is 127 Å². The van der Waals surface area contributed by atoms with Crippen LogP contribution in [0.5, 0.6) is 0 Å². The average Bonchev–Trinajstić information content (AvgIpc) is 3.03. The van der Waals surface area contributed by atoms with E-state index < -0.39 is 11.5 Å². The van der Waals surface area contributed by atoms with Crippen molar-refractivity contribution in [2.24, 2.45) is 0 Å². The standard InChI is InChI=1S/C14H17N3O3S/c1-14(13(19)20)5-2-6-17(14)7-3-11(18)16-12-10(9-15)4-8-21-12/h4,8H,2-3,5-7H2,1H3,(H,16,18)(H,19,20). The number of nitrogens with one attached hydrogen (secondary N) is 1. The lowest BCUT2D eigenvalue weighted by Gasteiger charge is -2.30. The molecule has 2 N–H and O–H groups in total. The smallest absolute Gasteiger partial charge is 0.323 e. The fraction of sp³-hybridized carbons (Fsp3) is 0.500. The summed E-state index contributed by atoms with van der Waals surface area (Å²) in [4.78, 5) is 25.1. The minimum atomic E-state index is -0.874. The lowest BCUT2D eigenvalue weighted by Crippen LogP contribution is -2.48. The average molecular weight is 307 g/mol. The number of anilines is 1. The van der Waals surface area contributed by atoms with Crippen LogP contribution in [0, 0.1) is 11.3 Å². The molecular weight excluding hydrogens is 290 g/mol. The Hall–Kier alpha value is -1.91. The molecule has 0 radical (unpaired) electrons. The summed E-state index contributed by atoms with van der Waals surface area (Å²) < 4.78 is 0. The van der Waals surface area contributed by atoms with Gasteiger partial charge in [-0.1, -0.05) is 0 Å². The molecule has 2 heterocycles. The molecule has 1 aromatic heterocycles. The van der Waals surface area contributed by atoms with E-state index in [1.165, 1.54) is 11.3 Å². The lowest BCUT2D eigenvalue weighted by atomic mass is 9.99. The van der Waals surface area contributed by atoms with Crippen LogP contribution >= 0.6 is 11.3 Å². The Balaban J connectivity index is 1.90. The summed E-state index contributed by atoms with van der Waals surface area (Å²) in [5, 5.41) is 23.2. The van der Waals surface area contributed by atoms with Crippen LogP contribution < -0.4 is 5.32 Å². The number of aliphatic carboxylic acids is 1. The second-order valence-electron chi connectivity index (χ2n) is 5.24. The van der Waals surface area contributed by atoms with Gasteiger partial charge in [0.1, 0.15) is 16.6 Å². The summed E-state index contributed by atoms with van der Waals surface area (Å²) in [6.07, 6.45) is 1.65. The number of nitrogens with zero attached hydrogens (tertiary/aromatic N) is 2. The van der Waals surface area contributed by atoms with Crippen LogP contribution in [0.3, 0.4) is 0 Å². The molecule has 1 aliphatic rings. The number of carbonyl (C=O) groups is 2. The predicted octanol–water partition coefficient (Wildman–Crippen LogP) is 1.89. The molecule has 21 heavy (non-hydrogen) atoms. The van der Waals surface area contributed by atoms with Crippen molar-refractivity contribution >= 4 is 28.2 Å². The number of amides is 1. The van der Waals surface area contributed by atoms with Crippen LogP contribution in [0.2, 0.25) is 0 Å². The zero-order chi connectivity index (χ0) is 15.5. The highest BCUT2D eigenvalue weighted by Gasteiger charge is 2.43. The van der Waals surface area contributed by atoms with Crippen LogP contribution in [-0.2, 0) is 9.59 Å². The van der Waals surface area contributed by atoms with Crippen molar-refractivity contribution in [2.45, 2.75) is 31.7 Å². The van der Waals surface area contributed by atoms with Crippen molar-refractivity contribution in [3.63, 3.8) is 0 Å². The largest absolute Gasteiger partial charge is 0.480 e. The van der Waals surface area contributed by atoms with Gasteiger partial charge in [-0.15, -0.1) is 11.3 Å². The van der Waals surface area contributed by atoms with Crippen molar-refractivity contribution in [3.8, 4) is 6.07 Å². The molecule has 6 nitrogen and oxygen atoms in total. The van der Waals surface area contributed by atoms with Gasteiger partial charge in [-0.3, -0.25) is 14.5 Å². The highest BCUT2D eigenvalue weighted by Crippen LogP contribution is 2.29. The maximum absolute atomic E-state index is 11.9. The topological polar surface area (TPSA) is 93.4 Å². The molecule has 1 aliphatic heterocycles. The molecule has 1 fully saturated rings. The van der Waals surface area contributed by atoms with Gasteiger partial charge in [-0.2, -0.15) is 5.26 Å². The molecule has 0 aromatic carbocycles. The minimum absolute atomic E-state index is 0.200. The third-order valence-electron chi connectivity index (χ3n) is 3.90. The number of rotatable bonds is 5. The molecule has 0 spiro atoms. The normalized spacial score (nSPS) is 21.9. The summed E-state index contributed by atoms with van der Waals surface area (Å²) in [5.74, 6) is -1.04. The van der Waals surface area contributed by atoms with Crippen molar-refractivity contribution in [1.82, 2.24) is 4.90 Å². The van der Waals surface area contributed by atoms with Gasteiger partial charge in [-0.25, -0.2) is 0 Å². The number of carbonyl (C=O) groups excluding carboxylic acids is 1. The number of nitriles is 1. The number of thiophene rings is 1. The highest BCUT2D eigenvalue weighted by atomic mass is 32.1. The molecule has 0 bridgehead atoms. The third-order valence-corrected chi connectivity index (χ3v) is 4.73. The lowest BCUT2D eigenvalue weighted by molar-refractivity contribution is -0.148. The first kappa shape index (κ1) is 15.5. The van der Waals surface area contributed by atoms with E-state index in [0.717, 1.165) is 6.42 Å². The van der Waals surface area contributed by atoms with Crippen LogP contribution in [-0.4, -0.2) is 40.5 Å². The molecule has 112 valence electrons. The molecular formula is C14H17N3O3S. The van der Waals surface area contributed by atoms with E-state index in [1.807, 2.05) is 11.0 Å². The molecule has 7 heteroatoms. The number of carboxylic acid groups (broad SMARTS) is 1.